The first-order valence-electron chi connectivity index (χ1n) is 4.11. The SMILES string of the molecule is CC(C)=CC(N)c1ccc(Cl)cn1. The van der Waals surface area contributed by atoms with E-state index in [0.29, 0.717) is 5.02 Å². The van der Waals surface area contributed by atoms with E-state index in [1.165, 1.54) is 5.57 Å². The number of pyridine rings is 1. The van der Waals surface area contributed by atoms with Gasteiger partial charge >= 0.3 is 0 Å². The molecule has 1 aromatic rings. The molecule has 2 N–H and O–H groups in total. The normalized spacial score (nSPS) is 12.3. The van der Waals surface area contributed by atoms with Crippen molar-refractivity contribution in [3.05, 3.63) is 40.7 Å². The Kier molecular flexibility index (Phi) is 3.46. The Bertz CT molecular complexity index is 299. The highest BCUT2D eigenvalue weighted by atomic mass is 35.5. The number of halogens is 1. The summed E-state index contributed by atoms with van der Waals surface area (Å²) in [6.45, 7) is 4.02. The predicted molar refractivity (Wildman–Crippen MR) is 55.6 cm³/mol. The van der Waals surface area contributed by atoms with Crippen molar-refractivity contribution in [2.24, 2.45) is 5.73 Å². The van der Waals surface area contributed by atoms with Gasteiger partial charge in [0.25, 0.3) is 0 Å². The average Bonchev–Trinajstić information content (AvgIpc) is 2.04. The Morgan fingerprint density at radius 1 is 1.54 bits per heavy atom. The van der Waals surface area contributed by atoms with E-state index in [1.54, 1.807) is 12.3 Å². The van der Waals surface area contributed by atoms with Gasteiger partial charge < -0.3 is 5.73 Å². The van der Waals surface area contributed by atoms with Gasteiger partial charge in [-0.2, -0.15) is 0 Å². The lowest BCUT2D eigenvalue weighted by atomic mass is 10.1. The summed E-state index contributed by atoms with van der Waals surface area (Å²) in [5.41, 5.74) is 7.89. The number of aromatic nitrogens is 1. The first-order chi connectivity index (χ1) is 6.09. The number of hydrogen-bond donors (Lipinski definition) is 1. The predicted octanol–water partition coefficient (Wildman–Crippen LogP) is 2.70. The van der Waals surface area contributed by atoms with Crippen LogP contribution in [-0.2, 0) is 0 Å². The van der Waals surface area contributed by atoms with Crippen LogP contribution in [0.4, 0.5) is 0 Å². The molecule has 13 heavy (non-hydrogen) atoms. The molecule has 0 spiro atoms. The molecule has 0 aliphatic carbocycles. The molecular weight excluding hydrogens is 184 g/mol. The van der Waals surface area contributed by atoms with Crippen molar-refractivity contribution in [3.8, 4) is 0 Å². The van der Waals surface area contributed by atoms with E-state index >= 15 is 0 Å². The van der Waals surface area contributed by atoms with E-state index in [-0.39, 0.29) is 6.04 Å². The van der Waals surface area contributed by atoms with E-state index in [4.69, 9.17) is 17.3 Å². The number of rotatable bonds is 2. The zero-order valence-electron chi connectivity index (χ0n) is 7.79. The Morgan fingerprint density at radius 2 is 2.23 bits per heavy atom. The van der Waals surface area contributed by atoms with Crippen LogP contribution in [0.5, 0.6) is 0 Å². The molecule has 70 valence electrons. The Hall–Kier alpha value is -0.860. The molecule has 0 bridgehead atoms. The third-order valence-electron chi connectivity index (χ3n) is 1.60. The summed E-state index contributed by atoms with van der Waals surface area (Å²) in [5, 5.41) is 0.633. The van der Waals surface area contributed by atoms with Gasteiger partial charge in [0.15, 0.2) is 0 Å². The number of nitrogens with zero attached hydrogens (tertiary/aromatic N) is 1. The molecule has 1 rings (SSSR count). The van der Waals surface area contributed by atoms with E-state index in [2.05, 4.69) is 4.98 Å². The van der Waals surface area contributed by atoms with Crippen LogP contribution >= 0.6 is 11.6 Å². The molecule has 3 heteroatoms. The van der Waals surface area contributed by atoms with Crippen LogP contribution in [0.2, 0.25) is 5.02 Å². The lowest BCUT2D eigenvalue weighted by Gasteiger charge is -2.06. The van der Waals surface area contributed by atoms with Gasteiger partial charge in [-0.05, 0) is 26.0 Å². The highest BCUT2D eigenvalue weighted by Gasteiger charge is 2.02. The van der Waals surface area contributed by atoms with Crippen LogP contribution in [0.15, 0.2) is 30.0 Å². The maximum atomic E-state index is 5.86. The summed E-state index contributed by atoms with van der Waals surface area (Å²) in [4.78, 5) is 4.13. The Balaban J connectivity index is 2.83. The molecule has 0 aliphatic rings. The summed E-state index contributed by atoms with van der Waals surface area (Å²) in [6.07, 6.45) is 3.58. The monoisotopic (exact) mass is 196 g/mol. The average molecular weight is 197 g/mol. The van der Waals surface area contributed by atoms with Gasteiger partial charge in [-0.25, -0.2) is 0 Å². The molecule has 0 aromatic carbocycles. The summed E-state index contributed by atoms with van der Waals surface area (Å²) < 4.78 is 0. The van der Waals surface area contributed by atoms with Gasteiger partial charge in [-0.1, -0.05) is 23.3 Å². The fourth-order valence-electron chi connectivity index (χ4n) is 1.03. The number of nitrogens with two attached hydrogens (primary N) is 1. The van der Waals surface area contributed by atoms with Crippen molar-refractivity contribution in [2.45, 2.75) is 19.9 Å². The number of hydrogen-bond acceptors (Lipinski definition) is 2. The summed E-state index contributed by atoms with van der Waals surface area (Å²) in [5.74, 6) is 0. The highest BCUT2D eigenvalue weighted by Crippen LogP contribution is 2.13. The van der Waals surface area contributed by atoms with Crippen LogP contribution in [0, 0.1) is 0 Å². The molecule has 1 heterocycles. The molecule has 0 saturated heterocycles. The topological polar surface area (TPSA) is 38.9 Å². The third-order valence-corrected chi connectivity index (χ3v) is 1.83. The lowest BCUT2D eigenvalue weighted by molar-refractivity contribution is 0.853. The van der Waals surface area contributed by atoms with Crippen LogP contribution in [-0.4, -0.2) is 4.98 Å². The van der Waals surface area contributed by atoms with Crippen LogP contribution in [0.25, 0.3) is 0 Å². The van der Waals surface area contributed by atoms with Gasteiger partial charge in [-0.3, -0.25) is 4.98 Å². The van der Waals surface area contributed by atoms with Crippen LogP contribution in [0.1, 0.15) is 25.6 Å². The molecule has 2 nitrogen and oxygen atoms in total. The Labute approximate surface area is 83.4 Å². The zero-order chi connectivity index (χ0) is 9.84. The molecule has 0 amide bonds. The third kappa shape index (κ3) is 3.17. The minimum absolute atomic E-state index is 0.137. The first-order valence-corrected chi connectivity index (χ1v) is 4.49. The van der Waals surface area contributed by atoms with Crippen LogP contribution < -0.4 is 5.73 Å². The molecule has 0 saturated carbocycles. The van der Waals surface area contributed by atoms with Gasteiger partial charge in [0.05, 0.1) is 16.8 Å². The van der Waals surface area contributed by atoms with Crippen LogP contribution in [0.3, 0.4) is 0 Å². The second kappa shape index (κ2) is 4.40. The second-order valence-corrected chi connectivity index (χ2v) is 3.61. The second-order valence-electron chi connectivity index (χ2n) is 3.17. The van der Waals surface area contributed by atoms with Gasteiger partial charge in [0.1, 0.15) is 0 Å². The standard InChI is InChI=1S/C10H13ClN2/c1-7(2)5-9(12)10-4-3-8(11)6-13-10/h3-6,9H,12H2,1-2H3. The fourth-order valence-corrected chi connectivity index (χ4v) is 1.14. The minimum atomic E-state index is -0.137. The van der Waals surface area contributed by atoms with Crippen molar-refractivity contribution in [3.63, 3.8) is 0 Å². The van der Waals surface area contributed by atoms with Crippen molar-refractivity contribution in [1.29, 1.82) is 0 Å². The molecule has 1 atom stereocenters. The van der Waals surface area contributed by atoms with Gasteiger partial charge in [0, 0.05) is 6.20 Å². The Morgan fingerprint density at radius 3 is 2.69 bits per heavy atom. The maximum Gasteiger partial charge on any atom is 0.0658 e. The smallest absolute Gasteiger partial charge is 0.0658 e. The zero-order valence-corrected chi connectivity index (χ0v) is 8.55. The van der Waals surface area contributed by atoms with Crippen molar-refractivity contribution >= 4 is 11.6 Å². The van der Waals surface area contributed by atoms with Gasteiger partial charge in [-0.15, -0.1) is 0 Å². The van der Waals surface area contributed by atoms with E-state index in [1.807, 2.05) is 26.0 Å². The maximum absolute atomic E-state index is 5.86. The molecule has 1 aromatic heterocycles. The fraction of sp³-hybridized carbons (Fsp3) is 0.300. The molecule has 0 radical (unpaired) electrons. The molecule has 0 aliphatic heterocycles. The lowest BCUT2D eigenvalue weighted by Crippen LogP contribution is -2.09. The summed E-state index contributed by atoms with van der Waals surface area (Å²) in [7, 11) is 0. The minimum Gasteiger partial charge on any atom is -0.319 e. The molecule has 1 unspecified atom stereocenters. The summed E-state index contributed by atoms with van der Waals surface area (Å²) in [6, 6.07) is 3.50. The number of allylic oxidation sites excluding steroid dienone is 1. The van der Waals surface area contributed by atoms with E-state index in [9.17, 15) is 0 Å². The quantitative estimate of drug-likeness (QED) is 0.739. The van der Waals surface area contributed by atoms with Crippen molar-refractivity contribution < 1.29 is 0 Å². The molecule has 0 fully saturated rings. The van der Waals surface area contributed by atoms with E-state index in [0.717, 1.165) is 5.69 Å². The van der Waals surface area contributed by atoms with E-state index < -0.39 is 0 Å². The largest absolute Gasteiger partial charge is 0.319 e. The van der Waals surface area contributed by atoms with Crippen molar-refractivity contribution in [1.82, 2.24) is 4.98 Å². The highest BCUT2D eigenvalue weighted by molar-refractivity contribution is 6.30. The first kappa shape index (κ1) is 10.2. The molecular formula is C10H13ClN2. The van der Waals surface area contributed by atoms with Gasteiger partial charge in [0.2, 0.25) is 0 Å². The summed E-state index contributed by atoms with van der Waals surface area (Å²) >= 11 is 5.70. The van der Waals surface area contributed by atoms with Crippen molar-refractivity contribution in [2.75, 3.05) is 0 Å².